The summed E-state index contributed by atoms with van der Waals surface area (Å²) in [6.45, 7) is 2.02. The van der Waals surface area contributed by atoms with Crippen molar-refractivity contribution in [3.8, 4) is 0 Å². The highest BCUT2D eigenvalue weighted by Crippen LogP contribution is 2.26. The van der Waals surface area contributed by atoms with Crippen molar-refractivity contribution in [2.75, 3.05) is 0 Å². The van der Waals surface area contributed by atoms with Crippen LogP contribution in [-0.2, 0) is 6.42 Å². The number of rotatable bonds is 4. The monoisotopic (exact) mass is 283 g/mol. The van der Waals surface area contributed by atoms with E-state index in [9.17, 15) is 0 Å². The van der Waals surface area contributed by atoms with E-state index >= 15 is 0 Å². The lowest BCUT2D eigenvalue weighted by Gasteiger charge is -2.17. The molecular formula is C16H17N3S. The number of hydrogen-bond acceptors (Lipinski definition) is 4. The first-order chi connectivity index (χ1) is 9.78. The normalized spacial score (nSPS) is 12.7. The summed E-state index contributed by atoms with van der Waals surface area (Å²) in [4.78, 5) is 4.53. The first-order valence-corrected chi connectivity index (χ1v) is 7.50. The standard InChI is InChI=1S/C16H17N3S/c1-11-18-13(10-20-11)9-16(19-17)15-8-4-6-12-5-2-3-7-14(12)15/h2-8,10,16,19H,9,17H2,1H3. The van der Waals surface area contributed by atoms with E-state index in [1.54, 1.807) is 11.3 Å². The third-order valence-electron chi connectivity index (χ3n) is 3.48. The fourth-order valence-electron chi connectivity index (χ4n) is 2.52. The number of fused-ring (bicyclic) bond motifs is 1. The van der Waals surface area contributed by atoms with Gasteiger partial charge in [0.1, 0.15) is 0 Å². The van der Waals surface area contributed by atoms with Gasteiger partial charge in [0, 0.05) is 11.8 Å². The molecule has 0 aliphatic heterocycles. The molecular weight excluding hydrogens is 266 g/mol. The van der Waals surface area contributed by atoms with Gasteiger partial charge in [-0.3, -0.25) is 11.3 Å². The Hall–Kier alpha value is -1.75. The molecule has 0 aliphatic rings. The van der Waals surface area contributed by atoms with Crippen molar-refractivity contribution >= 4 is 22.1 Å². The summed E-state index contributed by atoms with van der Waals surface area (Å²) >= 11 is 1.68. The molecule has 1 aromatic heterocycles. The van der Waals surface area contributed by atoms with Crippen LogP contribution in [0.25, 0.3) is 10.8 Å². The lowest BCUT2D eigenvalue weighted by atomic mass is 9.96. The van der Waals surface area contributed by atoms with E-state index in [0.717, 1.165) is 17.1 Å². The topological polar surface area (TPSA) is 50.9 Å². The molecule has 0 spiro atoms. The highest BCUT2D eigenvalue weighted by atomic mass is 32.1. The Morgan fingerprint density at radius 2 is 2.00 bits per heavy atom. The van der Waals surface area contributed by atoms with E-state index in [0.29, 0.717) is 0 Å². The number of nitrogens with zero attached hydrogens (tertiary/aromatic N) is 1. The molecule has 0 fully saturated rings. The minimum atomic E-state index is 0.0719. The van der Waals surface area contributed by atoms with Gasteiger partial charge in [-0.2, -0.15) is 0 Å². The minimum absolute atomic E-state index is 0.0719. The number of nitrogens with one attached hydrogen (secondary N) is 1. The predicted octanol–water partition coefficient (Wildman–Crippen LogP) is 3.35. The minimum Gasteiger partial charge on any atom is -0.271 e. The molecule has 0 radical (unpaired) electrons. The second kappa shape index (κ2) is 5.71. The maximum atomic E-state index is 5.78. The number of aryl methyl sites for hydroxylation is 1. The number of thiazole rings is 1. The van der Waals surface area contributed by atoms with Gasteiger partial charge in [-0.05, 0) is 23.3 Å². The van der Waals surface area contributed by atoms with Crippen LogP contribution >= 0.6 is 11.3 Å². The van der Waals surface area contributed by atoms with Crippen molar-refractivity contribution in [2.45, 2.75) is 19.4 Å². The molecule has 3 N–H and O–H groups in total. The molecule has 102 valence electrons. The number of benzene rings is 2. The number of aromatic nitrogens is 1. The van der Waals surface area contributed by atoms with Gasteiger partial charge in [0.05, 0.1) is 16.7 Å². The smallest absolute Gasteiger partial charge is 0.0897 e. The molecule has 0 amide bonds. The summed E-state index contributed by atoms with van der Waals surface area (Å²) < 4.78 is 0. The molecule has 0 saturated heterocycles. The van der Waals surface area contributed by atoms with E-state index in [2.05, 4.69) is 58.3 Å². The fourth-order valence-corrected chi connectivity index (χ4v) is 3.15. The van der Waals surface area contributed by atoms with Crippen LogP contribution < -0.4 is 11.3 Å². The molecule has 0 saturated carbocycles. The zero-order valence-electron chi connectivity index (χ0n) is 11.3. The van der Waals surface area contributed by atoms with Crippen LogP contribution in [0.3, 0.4) is 0 Å². The highest BCUT2D eigenvalue weighted by molar-refractivity contribution is 7.09. The molecule has 3 rings (SSSR count). The van der Waals surface area contributed by atoms with Gasteiger partial charge in [0.25, 0.3) is 0 Å². The van der Waals surface area contributed by atoms with Crippen LogP contribution in [0.15, 0.2) is 47.8 Å². The maximum Gasteiger partial charge on any atom is 0.0897 e. The second-order valence-electron chi connectivity index (χ2n) is 4.85. The van der Waals surface area contributed by atoms with Crippen LogP contribution in [0.1, 0.15) is 22.3 Å². The molecule has 1 heterocycles. The van der Waals surface area contributed by atoms with Crippen LogP contribution in [0.4, 0.5) is 0 Å². The molecule has 20 heavy (non-hydrogen) atoms. The van der Waals surface area contributed by atoms with Crippen molar-refractivity contribution in [3.63, 3.8) is 0 Å². The van der Waals surface area contributed by atoms with Crippen molar-refractivity contribution < 1.29 is 0 Å². The lowest BCUT2D eigenvalue weighted by Crippen LogP contribution is -2.29. The highest BCUT2D eigenvalue weighted by Gasteiger charge is 2.14. The Balaban J connectivity index is 1.98. The van der Waals surface area contributed by atoms with Crippen LogP contribution in [0, 0.1) is 6.92 Å². The van der Waals surface area contributed by atoms with Gasteiger partial charge < -0.3 is 0 Å². The van der Waals surface area contributed by atoms with E-state index in [1.807, 2.05) is 6.92 Å². The Morgan fingerprint density at radius 1 is 1.20 bits per heavy atom. The van der Waals surface area contributed by atoms with Crippen molar-refractivity contribution in [1.82, 2.24) is 10.4 Å². The summed E-state index contributed by atoms with van der Waals surface area (Å²) in [5, 5.41) is 5.67. The summed E-state index contributed by atoms with van der Waals surface area (Å²) in [5.41, 5.74) is 5.24. The van der Waals surface area contributed by atoms with Gasteiger partial charge in [-0.1, -0.05) is 42.5 Å². The molecule has 2 aromatic carbocycles. The second-order valence-corrected chi connectivity index (χ2v) is 5.91. The maximum absolute atomic E-state index is 5.78. The molecule has 3 nitrogen and oxygen atoms in total. The van der Waals surface area contributed by atoms with Gasteiger partial charge in [0.2, 0.25) is 0 Å². The SMILES string of the molecule is Cc1nc(CC(NN)c2cccc3ccccc23)cs1. The summed E-state index contributed by atoms with van der Waals surface area (Å²) in [5.74, 6) is 5.78. The Labute approximate surface area is 122 Å². The Kier molecular flexibility index (Phi) is 3.78. The van der Waals surface area contributed by atoms with Crippen molar-refractivity contribution in [2.24, 2.45) is 5.84 Å². The van der Waals surface area contributed by atoms with E-state index < -0.39 is 0 Å². The predicted molar refractivity (Wildman–Crippen MR) is 84.6 cm³/mol. The fraction of sp³-hybridized carbons (Fsp3) is 0.188. The quantitative estimate of drug-likeness (QED) is 0.570. The molecule has 1 unspecified atom stereocenters. The van der Waals surface area contributed by atoms with Gasteiger partial charge >= 0.3 is 0 Å². The third-order valence-corrected chi connectivity index (χ3v) is 4.30. The van der Waals surface area contributed by atoms with Crippen molar-refractivity contribution in [3.05, 3.63) is 64.1 Å². The molecule has 4 heteroatoms. The summed E-state index contributed by atoms with van der Waals surface area (Å²) in [7, 11) is 0. The molecule has 0 aliphatic carbocycles. The van der Waals surface area contributed by atoms with E-state index in [4.69, 9.17) is 5.84 Å². The van der Waals surface area contributed by atoms with Crippen LogP contribution in [-0.4, -0.2) is 4.98 Å². The average Bonchev–Trinajstić information content (AvgIpc) is 2.89. The first-order valence-electron chi connectivity index (χ1n) is 6.62. The largest absolute Gasteiger partial charge is 0.271 e. The lowest BCUT2D eigenvalue weighted by molar-refractivity contribution is 0.550. The first kappa shape index (κ1) is 13.2. The Morgan fingerprint density at radius 3 is 2.75 bits per heavy atom. The molecule has 0 bridgehead atoms. The third kappa shape index (κ3) is 2.58. The van der Waals surface area contributed by atoms with E-state index in [1.165, 1.54) is 16.3 Å². The summed E-state index contributed by atoms with van der Waals surface area (Å²) in [6, 6.07) is 14.8. The van der Waals surface area contributed by atoms with Gasteiger partial charge in [-0.25, -0.2) is 4.98 Å². The van der Waals surface area contributed by atoms with Gasteiger partial charge in [0.15, 0.2) is 0 Å². The van der Waals surface area contributed by atoms with Gasteiger partial charge in [-0.15, -0.1) is 11.3 Å². The van der Waals surface area contributed by atoms with Crippen LogP contribution in [0.2, 0.25) is 0 Å². The Bertz CT molecular complexity index is 715. The number of nitrogens with two attached hydrogens (primary N) is 1. The molecule has 3 aromatic rings. The number of hydrazine groups is 1. The average molecular weight is 283 g/mol. The van der Waals surface area contributed by atoms with Crippen molar-refractivity contribution in [1.29, 1.82) is 0 Å². The van der Waals surface area contributed by atoms with E-state index in [-0.39, 0.29) is 6.04 Å². The zero-order chi connectivity index (χ0) is 13.9. The van der Waals surface area contributed by atoms with Crippen LogP contribution in [0.5, 0.6) is 0 Å². The molecule has 1 atom stereocenters. The summed E-state index contributed by atoms with van der Waals surface area (Å²) in [6.07, 6.45) is 0.800. The zero-order valence-corrected chi connectivity index (χ0v) is 12.2. The number of hydrogen-bond donors (Lipinski definition) is 2.